The number of amides is 4. The second kappa shape index (κ2) is 4.64. The van der Waals surface area contributed by atoms with Crippen LogP contribution in [0.15, 0.2) is 4.99 Å². The lowest BCUT2D eigenvalue weighted by Gasteiger charge is -2.37. The highest BCUT2D eigenvalue weighted by molar-refractivity contribution is 6.23. The Morgan fingerprint density at radius 3 is 2.50 bits per heavy atom. The van der Waals surface area contributed by atoms with Gasteiger partial charge < -0.3 is 0 Å². The van der Waals surface area contributed by atoms with Gasteiger partial charge in [0.15, 0.2) is 5.92 Å². The van der Waals surface area contributed by atoms with Crippen LogP contribution in [0.5, 0.6) is 0 Å². The van der Waals surface area contributed by atoms with Crippen LogP contribution < -0.4 is 5.32 Å². The van der Waals surface area contributed by atoms with E-state index in [0.717, 1.165) is 17.7 Å². The van der Waals surface area contributed by atoms with Gasteiger partial charge >= 0.3 is 6.03 Å². The van der Waals surface area contributed by atoms with Crippen LogP contribution in [0.25, 0.3) is 0 Å². The Morgan fingerprint density at radius 1 is 1.27 bits per heavy atom. The second-order valence-electron chi connectivity index (χ2n) is 7.59. The first kappa shape index (κ1) is 15.2. The standard InChI is InChI=1S/C16H23N3O3/c1-15(2)9-5-6-16(15,3)11(7-9)17-8-10-12(20)18-14(22)19(4)13(10)21/h8-11H,5-7H2,1-4H3,(H,18,20,22)/t9-,10?,11+,16+/m0/s1. The van der Waals surface area contributed by atoms with Gasteiger partial charge in [-0.15, -0.1) is 0 Å². The van der Waals surface area contributed by atoms with E-state index in [1.54, 1.807) is 0 Å². The van der Waals surface area contributed by atoms with Crippen molar-refractivity contribution in [1.29, 1.82) is 0 Å². The van der Waals surface area contributed by atoms with Crippen molar-refractivity contribution in [2.75, 3.05) is 7.05 Å². The molecule has 2 bridgehead atoms. The maximum Gasteiger partial charge on any atom is 0.330 e. The van der Waals surface area contributed by atoms with Gasteiger partial charge in [-0.25, -0.2) is 4.79 Å². The van der Waals surface area contributed by atoms with Crippen LogP contribution in [0.3, 0.4) is 0 Å². The van der Waals surface area contributed by atoms with E-state index in [2.05, 4.69) is 31.1 Å². The predicted molar refractivity (Wildman–Crippen MR) is 81.3 cm³/mol. The Morgan fingerprint density at radius 2 is 1.95 bits per heavy atom. The molecule has 4 atom stereocenters. The van der Waals surface area contributed by atoms with Crippen LogP contribution >= 0.6 is 0 Å². The van der Waals surface area contributed by atoms with E-state index in [9.17, 15) is 14.4 Å². The van der Waals surface area contributed by atoms with Gasteiger partial charge in [-0.3, -0.25) is 24.8 Å². The third kappa shape index (κ3) is 1.85. The quantitative estimate of drug-likeness (QED) is 0.621. The molecule has 6 nitrogen and oxygen atoms in total. The van der Waals surface area contributed by atoms with Gasteiger partial charge in [0.05, 0.1) is 6.04 Å². The summed E-state index contributed by atoms with van der Waals surface area (Å²) in [5.74, 6) is -1.43. The van der Waals surface area contributed by atoms with Gasteiger partial charge in [-0.1, -0.05) is 20.8 Å². The zero-order valence-corrected chi connectivity index (χ0v) is 13.5. The van der Waals surface area contributed by atoms with Gasteiger partial charge in [0.2, 0.25) is 11.8 Å². The van der Waals surface area contributed by atoms with E-state index in [0.29, 0.717) is 5.92 Å². The summed E-state index contributed by atoms with van der Waals surface area (Å²) in [5, 5.41) is 2.18. The van der Waals surface area contributed by atoms with Crippen molar-refractivity contribution in [3.63, 3.8) is 0 Å². The Hall–Kier alpha value is -1.72. The molecular formula is C16H23N3O3. The molecule has 4 amide bonds. The van der Waals surface area contributed by atoms with Gasteiger partial charge in [0.1, 0.15) is 0 Å². The van der Waals surface area contributed by atoms with E-state index in [4.69, 9.17) is 0 Å². The SMILES string of the molecule is CN1C(=O)NC(=O)C(C=N[C@@H]2C[C@@H]3CC[C@@]2(C)C3(C)C)C1=O. The summed E-state index contributed by atoms with van der Waals surface area (Å²) in [4.78, 5) is 40.9. The lowest BCUT2D eigenvalue weighted by atomic mass is 9.69. The highest BCUT2D eigenvalue weighted by Crippen LogP contribution is 2.66. The number of nitrogens with one attached hydrogen (secondary N) is 1. The first-order valence-corrected chi connectivity index (χ1v) is 7.84. The number of nitrogens with zero attached hydrogens (tertiary/aromatic N) is 2. The van der Waals surface area contributed by atoms with Crippen LogP contribution in [0, 0.1) is 22.7 Å². The summed E-state index contributed by atoms with van der Waals surface area (Å²) < 4.78 is 0. The summed E-state index contributed by atoms with van der Waals surface area (Å²) in [5.41, 5.74) is 0.352. The topological polar surface area (TPSA) is 78.8 Å². The van der Waals surface area contributed by atoms with Crippen LogP contribution in [-0.4, -0.2) is 42.0 Å². The van der Waals surface area contributed by atoms with Crippen molar-refractivity contribution in [1.82, 2.24) is 10.2 Å². The first-order valence-electron chi connectivity index (χ1n) is 7.84. The smallest absolute Gasteiger partial charge is 0.292 e. The number of urea groups is 1. The van der Waals surface area contributed by atoms with E-state index < -0.39 is 23.8 Å². The Balaban J connectivity index is 1.79. The van der Waals surface area contributed by atoms with Gasteiger partial charge in [0.25, 0.3) is 0 Å². The molecule has 0 aromatic heterocycles. The van der Waals surface area contributed by atoms with E-state index in [1.165, 1.54) is 19.7 Å². The summed E-state index contributed by atoms with van der Waals surface area (Å²) >= 11 is 0. The molecule has 6 heteroatoms. The molecule has 1 heterocycles. The minimum absolute atomic E-state index is 0.115. The Kier molecular flexibility index (Phi) is 3.20. The average Bonchev–Trinajstić information content (AvgIpc) is 2.78. The van der Waals surface area contributed by atoms with Crippen LogP contribution in [0.2, 0.25) is 0 Å². The minimum Gasteiger partial charge on any atom is -0.292 e. The molecule has 1 saturated heterocycles. The van der Waals surface area contributed by atoms with Crippen molar-refractivity contribution in [3.05, 3.63) is 0 Å². The van der Waals surface area contributed by atoms with Gasteiger partial charge in [0, 0.05) is 13.3 Å². The van der Waals surface area contributed by atoms with Gasteiger partial charge in [-0.2, -0.15) is 0 Å². The summed E-state index contributed by atoms with van der Waals surface area (Å²) in [6, 6.07) is -0.530. The summed E-state index contributed by atoms with van der Waals surface area (Å²) in [6.07, 6.45) is 4.83. The molecule has 0 aromatic rings. The zero-order chi connectivity index (χ0) is 16.3. The lowest BCUT2D eigenvalue weighted by molar-refractivity contribution is -0.138. The monoisotopic (exact) mass is 305 g/mol. The number of hydrogen-bond acceptors (Lipinski definition) is 4. The first-order chi connectivity index (χ1) is 10.2. The molecule has 0 aromatic carbocycles. The fourth-order valence-corrected chi connectivity index (χ4v) is 4.40. The molecule has 3 aliphatic rings. The van der Waals surface area contributed by atoms with Crippen LogP contribution in [0.1, 0.15) is 40.0 Å². The lowest BCUT2D eigenvalue weighted by Crippen LogP contribution is -2.56. The highest BCUT2D eigenvalue weighted by atomic mass is 16.2. The van der Waals surface area contributed by atoms with Crippen LogP contribution in [-0.2, 0) is 9.59 Å². The van der Waals surface area contributed by atoms with Crippen LogP contribution in [0.4, 0.5) is 4.79 Å². The van der Waals surface area contributed by atoms with E-state index >= 15 is 0 Å². The number of carbonyl (C=O) groups excluding carboxylic acids is 3. The van der Waals surface area contributed by atoms with Crippen molar-refractivity contribution in [2.24, 2.45) is 27.7 Å². The van der Waals surface area contributed by atoms with E-state index in [1.807, 2.05) is 0 Å². The molecule has 3 fully saturated rings. The molecule has 2 aliphatic carbocycles. The van der Waals surface area contributed by atoms with Gasteiger partial charge in [-0.05, 0) is 36.0 Å². The average molecular weight is 305 g/mol. The number of carbonyl (C=O) groups is 3. The number of aliphatic imine (C=N–C) groups is 1. The van der Waals surface area contributed by atoms with E-state index in [-0.39, 0.29) is 16.9 Å². The maximum atomic E-state index is 12.1. The number of fused-ring (bicyclic) bond motifs is 2. The number of hydrogen-bond donors (Lipinski definition) is 1. The third-order valence-electron chi connectivity index (χ3n) is 6.58. The molecule has 2 saturated carbocycles. The third-order valence-corrected chi connectivity index (χ3v) is 6.58. The fraction of sp³-hybridized carbons (Fsp3) is 0.750. The maximum absolute atomic E-state index is 12.1. The second-order valence-corrected chi connectivity index (χ2v) is 7.59. The molecule has 0 spiro atoms. The summed E-state index contributed by atoms with van der Waals surface area (Å²) in [7, 11) is 1.37. The predicted octanol–water partition coefficient (Wildman–Crippen LogP) is 1.60. The molecule has 1 unspecified atom stereocenters. The van der Waals surface area contributed by atoms with Crippen molar-refractivity contribution >= 4 is 24.1 Å². The molecule has 0 radical (unpaired) electrons. The molecule has 3 rings (SSSR count). The molecule has 1 aliphatic heterocycles. The number of rotatable bonds is 2. The summed E-state index contributed by atoms with van der Waals surface area (Å²) in [6.45, 7) is 6.86. The number of barbiturate groups is 1. The minimum atomic E-state index is -0.992. The zero-order valence-electron chi connectivity index (χ0n) is 13.5. The molecule has 22 heavy (non-hydrogen) atoms. The highest BCUT2D eigenvalue weighted by Gasteiger charge is 2.61. The Labute approximate surface area is 130 Å². The van der Waals surface area contributed by atoms with Crippen molar-refractivity contribution in [2.45, 2.75) is 46.1 Å². The molecule has 120 valence electrons. The van der Waals surface area contributed by atoms with Crippen molar-refractivity contribution < 1.29 is 14.4 Å². The number of imide groups is 2. The normalized spacial score (nSPS) is 40.6. The molecular weight excluding hydrogens is 282 g/mol. The largest absolute Gasteiger partial charge is 0.330 e. The fourth-order valence-electron chi connectivity index (χ4n) is 4.40. The van der Waals surface area contributed by atoms with Crippen molar-refractivity contribution in [3.8, 4) is 0 Å². The molecule has 1 N–H and O–H groups in total. The Bertz CT molecular complexity index is 583.